The summed E-state index contributed by atoms with van der Waals surface area (Å²) in [5, 5.41) is 51.6. The van der Waals surface area contributed by atoms with Gasteiger partial charge in [0, 0.05) is 18.7 Å². The first-order chi connectivity index (χ1) is 15.9. The predicted octanol–water partition coefficient (Wildman–Crippen LogP) is 6.15. The van der Waals surface area contributed by atoms with Gasteiger partial charge in [-0.1, -0.05) is 48.5 Å². The summed E-state index contributed by atoms with van der Waals surface area (Å²) in [6.45, 7) is 1.93. The van der Waals surface area contributed by atoms with Crippen molar-refractivity contribution in [3.8, 4) is 45.3 Å². The minimum Gasteiger partial charge on any atom is -0.508 e. The summed E-state index contributed by atoms with van der Waals surface area (Å²) in [6, 6.07) is 24.8. The van der Waals surface area contributed by atoms with E-state index < -0.39 is 0 Å². The summed E-state index contributed by atoms with van der Waals surface area (Å²) in [7, 11) is 0. The van der Waals surface area contributed by atoms with Crippen molar-refractivity contribution in [1.82, 2.24) is 0 Å². The molecular formula is C28H24O5. The van der Waals surface area contributed by atoms with Crippen LogP contribution in [0.3, 0.4) is 0 Å². The van der Waals surface area contributed by atoms with Crippen molar-refractivity contribution in [2.24, 2.45) is 0 Å². The zero-order valence-electron chi connectivity index (χ0n) is 18.0. The van der Waals surface area contributed by atoms with Gasteiger partial charge in [0.1, 0.15) is 23.0 Å². The van der Waals surface area contributed by atoms with Crippen LogP contribution in [0, 0.1) is 0 Å². The van der Waals surface area contributed by atoms with Gasteiger partial charge in [-0.3, -0.25) is 0 Å². The number of aliphatic hydroxyl groups excluding tert-OH is 1. The Hall–Kier alpha value is -4.22. The van der Waals surface area contributed by atoms with E-state index in [1.807, 2.05) is 48.5 Å². The van der Waals surface area contributed by atoms with Gasteiger partial charge in [-0.15, -0.1) is 0 Å². The highest BCUT2D eigenvalue weighted by Gasteiger charge is 2.17. The summed E-state index contributed by atoms with van der Waals surface area (Å²) in [6.07, 6.45) is 0. The maximum atomic E-state index is 10.1. The maximum Gasteiger partial charge on any atom is 0.119 e. The molecule has 0 aliphatic heterocycles. The lowest BCUT2D eigenvalue weighted by Gasteiger charge is -2.18. The third kappa shape index (κ3) is 4.27. The fourth-order valence-electron chi connectivity index (χ4n) is 4.23. The normalized spacial score (nSPS) is 10.7. The second kappa shape index (κ2) is 9.10. The van der Waals surface area contributed by atoms with Crippen molar-refractivity contribution in [1.29, 1.82) is 0 Å². The molecule has 5 aromatic rings. The Bertz CT molecular complexity index is 1250. The summed E-state index contributed by atoms with van der Waals surface area (Å²) in [5.41, 5.74) is 3.18. The Balaban J connectivity index is 0.000000821. The van der Waals surface area contributed by atoms with Crippen LogP contribution in [0.15, 0.2) is 84.9 Å². The van der Waals surface area contributed by atoms with Gasteiger partial charge in [-0.2, -0.15) is 0 Å². The zero-order valence-corrected chi connectivity index (χ0v) is 18.0. The van der Waals surface area contributed by atoms with Gasteiger partial charge in [0.2, 0.25) is 0 Å². The minimum absolute atomic E-state index is 0.0138. The van der Waals surface area contributed by atoms with E-state index >= 15 is 0 Å². The molecule has 5 nitrogen and oxygen atoms in total. The van der Waals surface area contributed by atoms with E-state index in [1.165, 1.54) is 12.1 Å². The third-order valence-electron chi connectivity index (χ3n) is 5.31. The van der Waals surface area contributed by atoms with E-state index in [9.17, 15) is 20.4 Å². The molecule has 0 atom stereocenters. The van der Waals surface area contributed by atoms with Gasteiger partial charge in [-0.25, -0.2) is 0 Å². The Morgan fingerprint density at radius 1 is 0.485 bits per heavy atom. The molecule has 0 aliphatic carbocycles. The first-order valence-electron chi connectivity index (χ1n) is 10.5. The van der Waals surface area contributed by atoms with Crippen LogP contribution in [0.1, 0.15) is 6.92 Å². The number of hydrogen-bond donors (Lipinski definition) is 5. The number of rotatable bonds is 2. The van der Waals surface area contributed by atoms with Crippen LogP contribution in [0.5, 0.6) is 23.0 Å². The van der Waals surface area contributed by atoms with Crippen LogP contribution in [0.2, 0.25) is 0 Å². The highest BCUT2D eigenvalue weighted by Crippen LogP contribution is 2.45. The van der Waals surface area contributed by atoms with Crippen LogP contribution >= 0.6 is 0 Å². The van der Waals surface area contributed by atoms with Crippen LogP contribution in [-0.2, 0) is 0 Å². The molecule has 0 fully saturated rings. The van der Waals surface area contributed by atoms with E-state index in [-0.39, 0.29) is 29.6 Å². The fraction of sp³-hybridized carbons (Fsp3) is 0.0714. The molecule has 0 radical (unpaired) electrons. The lowest BCUT2D eigenvalue weighted by molar-refractivity contribution is 0.318. The van der Waals surface area contributed by atoms with E-state index in [4.69, 9.17) is 5.11 Å². The van der Waals surface area contributed by atoms with Crippen molar-refractivity contribution < 1.29 is 25.5 Å². The van der Waals surface area contributed by atoms with Crippen LogP contribution in [0.4, 0.5) is 0 Å². The highest BCUT2D eigenvalue weighted by atomic mass is 16.3. The number of aliphatic hydroxyl groups is 1. The molecule has 5 rings (SSSR count). The molecule has 5 N–H and O–H groups in total. The third-order valence-corrected chi connectivity index (χ3v) is 5.31. The smallest absolute Gasteiger partial charge is 0.119 e. The largest absolute Gasteiger partial charge is 0.508 e. The molecule has 0 aromatic heterocycles. The lowest BCUT2D eigenvalue weighted by Crippen LogP contribution is -1.91. The number of aromatic hydroxyl groups is 4. The average Bonchev–Trinajstić information content (AvgIpc) is 2.76. The molecule has 0 aliphatic rings. The van der Waals surface area contributed by atoms with E-state index in [0.717, 1.165) is 32.7 Å². The van der Waals surface area contributed by atoms with Gasteiger partial charge in [0.15, 0.2) is 0 Å². The highest BCUT2D eigenvalue weighted by molar-refractivity contribution is 6.21. The quantitative estimate of drug-likeness (QED) is 0.212. The Morgan fingerprint density at radius 2 is 0.727 bits per heavy atom. The van der Waals surface area contributed by atoms with Crippen LogP contribution in [0.25, 0.3) is 43.8 Å². The lowest BCUT2D eigenvalue weighted by atomic mass is 9.86. The summed E-state index contributed by atoms with van der Waals surface area (Å²) in [5.74, 6) is -0.0550. The number of phenolic OH excluding ortho intramolecular Hbond substituents is 4. The van der Waals surface area contributed by atoms with Crippen LogP contribution in [-0.4, -0.2) is 32.1 Å². The van der Waals surface area contributed by atoms with Crippen molar-refractivity contribution in [2.75, 3.05) is 6.61 Å². The summed E-state index contributed by atoms with van der Waals surface area (Å²) in [4.78, 5) is 0. The number of fused-ring (bicyclic) bond motifs is 2. The number of benzene rings is 5. The van der Waals surface area contributed by atoms with E-state index in [0.29, 0.717) is 11.1 Å². The molecule has 5 aromatic carbocycles. The number of hydrogen-bond acceptors (Lipinski definition) is 5. The van der Waals surface area contributed by atoms with Crippen molar-refractivity contribution in [3.63, 3.8) is 0 Å². The standard InChI is InChI=1S/C26H18O4.C2H6O/c27-17-9-15(10-18(28)13-17)25-21-5-1-2-6-22(21)26(24-8-4-3-7-23(24)25)16-11-19(29)14-20(30)12-16;1-2-3/h1-14,27-30H;3H,2H2,1H3. The molecule has 0 bridgehead atoms. The molecular weight excluding hydrogens is 416 g/mol. The topological polar surface area (TPSA) is 101 Å². The minimum atomic E-state index is -0.0138. The molecule has 33 heavy (non-hydrogen) atoms. The second-order valence-corrected chi connectivity index (χ2v) is 7.63. The van der Waals surface area contributed by atoms with Crippen molar-refractivity contribution >= 4 is 21.5 Å². The molecule has 5 heteroatoms. The molecule has 0 spiro atoms. The predicted molar refractivity (Wildman–Crippen MR) is 132 cm³/mol. The van der Waals surface area contributed by atoms with Gasteiger partial charge < -0.3 is 25.5 Å². The summed E-state index contributed by atoms with van der Waals surface area (Å²) < 4.78 is 0. The molecule has 166 valence electrons. The van der Waals surface area contributed by atoms with E-state index in [2.05, 4.69) is 0 Å². The van der Waals surface area contributed by atoms with Crippen molar-refractivity contribution in [3.05, 3.63) is 84.9 Å². The Morgan fingerprint density at radius 3 is 0.970 bits per heavy atom. The van der Waals surface area contributed by atoms with Crippen molar-refractivity contribution in [2.45, 2.75) is 6.92 Å². The zero-order chi connectivity index (χ0) is 23.5. The Labute approximate surface area is 191 Å². The fourth-order valence-corrected chi connectivity index (χ4v) is 4.23. The molecule has 0 unspecified atom stereocenters. The number of phenols is 4. The van der Waals surface area contributed by atoms with Crippen LogP contribution < -0.4 is 0 Å². The second-order valence-electron chi connectivity index (χ2n) is 7.63. The summed E-state index contributed by atoms with van der Waals surface area (Å²) >= 11 is 0. The van der Waals surface area contributed by atoms with Gasteiger partial charge in [0.25, 0.3) is 0 Å². The molecule has 0 saturated carbocycles. The SMILES string of the molecule is CCO.Oc1cc(O)cc(-c2c3ccccc3c(-c3cc(O)cc(O)c3)c3ccccc23)c1. The molecule has 0 saturated heterocycles. The van der Waals surface area contributed by atoms with Gasteiger partial charge in [0.05, 0.1) is 0 Å². The maximum absolute atomic E-state index is 10.1. The Kier molecular flexibility index (Phi) is 6.07. The monoisotopic (exact) mass is 440 g/mol. The first-order valence-corrected chi connectivity index (χ1v) is 10.5. The molecule has 0 amide bonds. The van der Waals surface area contributed by atoms with Gasteiger partial charge >= 0.3 is 0 Å². The average molecular weight is 440 g/mol. The van der Waals surface area contributed by atoms with Gasteiger partial charge in [-0.05, 0) is 75.0 Å². The molecule has 0 heterocycles. The first kappa shape index (κ1) is 22.0. The van der Waals surface area contributed by atoms with E-state index in [1.54, 1.807) is 31.2 Å².